The van der Waals surface area contributed by atoms with Crippen LogP contribution in [0.25, 0.3) is 11.1 Å². The highest BCUT2D eigenvalue weighted by Gasteiger charge is 2.39. The Labute approximate surface area is 219 Å². The smallest absolute Gasteiger partial charge is 0.306 e. The van der Waals surface area contributed by atoms with Crippen molar-refractivity contribution in [2.24, 2.45) is 0 Å². The van der Waals surface area contributed by atoms with E-state index in [1.807, 2.05) is 48.5 Å². The van der Waals surface area contributed by atoms with Gasteiger partial charge in [-0.1, -0.05) is 54.6 Å². The van der Waals surface area contributed by atoms with E-state index in [4.69, 9.17) is 4.18 Å². The lowest BCUT2D eigenvalue weighted by molar-refractivity contribution is 0.0952. The quantitative estimate of drug-likeness (QED) is 0.319. The molecular weight excluding hydrogens is 484 g/mol. The number of unbranched alkanes of at least 4 members (excludes halogenated alkanes) is 1. The number of fused-ring (bicyclic) bond motifs is 3. The Morgan fingerprint density at radius 2 is 1.70 bits per heavy atom. The van der Waals surface area contributed by atoms with Gasteiger partial charge in [-0.3, -0.25) is 9.69 Å². The van der Waals surface area contributed by atoms with E-state index in [9.17, 15) is 13.2 Å². The van der Waals surface area contributed by atoms with Crippen LogP contribution in [-0.4, -0.2) is 51.2 Å². The fourth-order valence-corrected chi connectivity index (χ4v) is 6.34. The number of hydrogen-bond acceptors (Lipinski definition) is 5. The highest BCUT2D eigenvalue weighted by Crippen LogP contribution is 2.44. The van der Waals surface area contributed by atoms with Crippen LogP contribution in [0.2, 0.25) is 0 Å². The zero-order valence-corrected chi connectivity index (χ0v) is 22.0. The molecule has 6 nitrogen and oxygen atoms in total. The van der Waals surface area contributed by atoms with Gasteiger partial charge >= 0.3 is 10.1 Å². The lowest BCUT2D eigenvalue weighted by atomic mass is 9.79. The van der Waals surface area contributed by atoms with Crippen molar-refractivity contribution in [1.82, 2.24) is 10.2 Å². The molecule has 0 saturated carbocycles. The molecule has 0 bridgehead atoms. The van der Waals surface area contributed by atoms with E-state index in [2.05, 4.69) is 28.4 Å². The summed E-state index contributed by atoms with van der Waals surface area (Å²) < 4.78 is 28.6. The molecule has 2 atom stereocenters. The minimum Gasteiger partial charge on any atom is -0.382 e. The molecule has 0 unspecified atom stereocenters. The first-order valence-corrected chi connectivity index (χ1v) is 14.9. The summed E-state index contributed by atoms with van der Waals surface area (Å²) in [6.07, 6.45) is 5.98. The van der Waals surface area contributed by atoms with Crippen LogP contribution in [-0.2, 0) is 16.5 Å². The molecule has 2 aliphatic rings. The Bertz CT molecular complexity index is 1340. The Morgan fingerprint density at radius 3 is 2.46 bits per heavy atom. The lowest BCUT2D eigenvalue weighted by Crippen LogP contribution is -2.36. The molecule has 7 heteroatoms. The first-order valence-electron chi connectivity index (χ1n) is 13.1. The molecule has 37 heavy (non-hydrogen) atoms. The second-order valence-corrected chi connectivity index (χ2v) is 11.6. The first kappa shape index (κ1) is 25.5. The maximum atomic E-state index is 12.6. The van der Waals surface area contributed by atoms with Crippen molar-refractivity contribution >= 4 is 16.0 Å². The van der Waals surface area contributed by atoms with Crippen LogP contribution in [0.1, 0.15) is 53.1 Å². The van der Waals surface area contributed by atoms with Gasteiger partial charge in [-0.2, -0.15) is 8.42 Å². The van der Waals surface area contributed by atoms with Crippen molar-refractivity contribution < 1.29 is 17.4 Å². The Kier molecular flexibility index (Phi) is 7.63. The normalized spacial score (nSPS) is 19.2. The van der Waals surface area contributed by atoms with Crippen LogP contribution in [0.3, 0.4) is 0 Å². The van der Waals surface area contributed by atoms with Crippen molar-refractivity contribution in [2.45, 2.75) is 44.1 Å². The summed E-state index contributed by atoms with van der Waals surface area (Å²) in [5.74, 6) is 0.879. The lowest BCUT2D eigenvalue weighted by Gasteiger charge is -2.34. The maximum absolute atomic E-state index is 12.6. The third-order valence-corrected chi connectivity index (χ3v) is 8.05. The predicted octanol–water partition coefficient (Wildman–Crippen LogP) is 5.01. The Balaban J connectivity index is 1.08. The number of amides is 1. The molecule has 1 amide bonds. The molecule has 1 N–H and O–H groups in total. The number of nitrogens with zero attached hydrogens (tertiary/aromatic N) is 1. The number of nitrogens with one attached hydrogen (secondary N) is 1. The van der Waals surface area contributed by atoms with Gasteiger partial charge in [-0.05, 0) is 85.6 Å². The monoisotopic (exact) mass is 518 g/mol. The zero-order valence-electron chi connectivity index (χ0n) is 21.2. The van der Waals surface area contributed by atoms with Gasteiger partial charge in [0.25, 0.3) is 5.91 Å². The molecule has 0 radical (unpaired) electrons. The van der Waals surface area contributed by atoms with E-state index in [1.165, 1.54) is 5.56 Å². The largest absolute Gasteiger partial charge is 0.382 e. The van der Waals surface area contributed by atoms with E-state index in [-0.39, 0.29) is 5.91 Å². The molecule has 5 rings (SSSR count). The minimum atomic E-state index is -3.54. The standard InChI is InChI=1S/C30H34N2O4S/c1-37(34,35)36-29-11-7-10-25-26-18-21-32(28(26)17-16-27(25)29)20-6-5-19-31-30(33)24-14-12-23(13-15-24)22-8-3-2-4-9-22/h2-4,7-15,26,28H,5-6,16-21H2,1H3,(H,31,33)/t26-,28-/m0/s1. The highest BCUT2D eigenvalue weighted by molar-refractivity contribution is 7.86. The molecule has 1 heterocycles. The third-order valence-electron chi connectivity index (χ3n) is 7.57. The molecule has 0 aromatic heterocycles. The topological polar surface area (TPSA) is 75.7 Å². The third kappa shape index (κ3) is 6.05. The molecule has 0 spiro atoms. The number of rotatable bonds is 9. The van der Waals surface area contributed by atoms with Crippen molar-refractivity contribution in [3.05, 3.63) is 89.5 Å². The number of carbonyl (C=O) groups is 1. The SMILES string of the molecule is CS(=O)(=O)Oc1cccc2c1CC[C@H]1[C@H]2CCN1CCCCNC(=O)c1ccc(-c2ccccc2)cc1. The average Bonchev–Trinajstić information content (AvgIpc) is 3.32. The van der Waals surface area contributed by atoms with Crippen LogP contribution in [0.15, 0.2) is 72.8 Å². The number of carbonyl (C=O) groups excluding carboxylic acids is 1. The number of hydrogen-bond donors (Lipinski definition) is 1. The maximum Gasteiger partial charge on any atom is 0.306 e. The van der Waals surface area contributed by atoms with Crippen molar-refractivity contribution in [3.63, 3.8) is 0 Å². The first-order chi connectivity index (χ1) is 17.9. The van der Waals surface area contributed by atoms with E-state index in [1.54, 1.807) is 6.07 Å². The zero-order chi connectivity index (χ0) is 25.8. The van der Waals surface area contributed by atoms with Gasteiger partial charge in [-0.25, -0.2) is 0 Å². The van der Waals surface area contributed by atoms with Gasteiger partial charge in [0.05, 0.1) is 6.26 Å². The van der Waals surface area contributed by atoms with Gasteiger partial charge in [0.2, 0.25) is 0 Å². The van der Waals surface area contributed by atoms with Gasteiger partial charge in [0.1, 0.15) is 5.75 Å². The van der Waals surface area contributed by atoms with E-state index >= 15 is 0 Å². The van der Waals surface area contributed by atoms with Crippen LogP contribution in [0.4, 0.5) is 0 Å². The molecule has 1 fully saturated rings. The summed E-state index contributed by atoms with van der Waals surface area (Å²) in [7, 11) is -3.54. The summed E-state index contributed by atoms with van der Waals surface area (Å²) in [6, 6.07) is 24.2. The minimum absolute atomic E-state index is 0.0307. The molecule has 1 aliphatic carbocycles. The van der Waals surface area contributed by atoms with Gasteiger partial charge < -0.3 is 9.50 Å². The van der Waals surface area contributed by atoms with E-state index < -0.39 is 10.1 Å². The van der Waals surface area contributed by atoms with E-state index in [0.29, 0.717) is 29.8 Å². The fraction of sp³-hybridized carbons (Fsp3) is 0.367. The predicted molar refractivity (Wildman–Crippen MR) is 146 cm³/mol. The fourth-order valence-electron chi connectivity index (χ4n) is 5.86. The Hall–Kier alpha value is -3.16. The molecule has 1 aliphatic heterocycles. The summed E-state index contributed by atoms with van der Waals surface area (Å²) >= 11 is 0. The number of benzene rings is 3. The van der Waals surface area contributed by atoms with E-state index in [0.717, 1.165) is 68.1 Å². The van der Waals surface area contributed by atoms with Crippen molar-refractivity contribution in [2.75, 3.05) is 25.9 Å². The number of likely N-dealkylation sites (tertiary alicyclic amines) is 1. The molecule has 3 aromatic rings. The van der Waals surface area contributed by atoms with Gasteiger partial charge in [0.15, 0.2) is 0 Å². The average molecular weight is 519 g/mol. The molecule has 194 valence electrons. The van der Waals surface area contributed by atoms with Gasteiger partial charge in [-0.15, -0.1) is 0 Å². The second-order valence-electron chi connectivity index (χ2n) is 10.1. The summed E-state index contributed by atoms with van der Waals surface area (Å²) in [5.41, 5.74) is 5.22. The van der Waals surface area contributed by atoms with Crippen LogP contribution in [0, 0.1) is 0 Å². The second kappa shape index (κ2) is 11.1. The molecular formula is C30H34N2O4S. The Morgan fingerprint density at radius 1 is 0.946 bits per heavy atom. The summed E-state index contributed by atoms with van der Waals surface area (Å²) in [6.45, 7) is 2.72. The van der Waals surface area contributed by atoms with Crippen LogP contribution < -0.4 is 9.50 Å². The summed E-state index contributed by atoms with van der Waals surface area (Å²) in [4.78, 5) is 15.1. The highest BCUT2D eigenvalue weighted by atomic mass is 32.2. The van der Waals surface area contributed by atoms with Crippen LogP contribution >= 0.6 is 0 Å². The molecule has 1 saturated heterocycles. The van der Waals surface area contributed by atoms with Crippen molar-refractivity contribution in [1.29, 1.82) is 0 Å². The van der Waals surface area contributed by atoms with Crippen LogP contribution in [0.5, 0.6) is 5.75 Å². The van der Waals surface area contributed by atoms with Crippen molar-refractivity contribution in [3.8, 4) is 16.9 Å². The molecule has 3 aromatic carbocycles. The summed E-state index contributed by atoms with van der Waals surface area (Å²) in [5, 5.41) is 3.06. The van der Waals surface area contributed by atoms with Gasteiger partial charge in [0, 0.05) is 24.1 Å².